The number of nitrogens with two attached hydrogens (primary N) is 1. The maximum atomic E-state index is 5.72. The zero-order valence-corrected chi connectivity index (χ0v) is 8.93. The summed E-state index contributed by atoms with van der Waals surface area (Å²) < 4.78 is 0. The molecule has 2 aromatic heterocycles. The monoisotopic (exact) mass is 205 g/mol. The van der Waals surface area contributed by atoms with E-state index in [0.717, 1.165) is 10.4 Å². The summed E-state index contributed by atoms with van der Waals surface area (Å²) in [6, 6.07) is 4.07. The van der Waals surface area contributed by atoms with Crippen LogP contribution in [0.4, 0.5) is 5.82 Å². The number of hydrogen-bond acceptors (Lipinski definition) is 4. The molecular formula is C10H11N3S. The molecule has 0 aliphatic heterocycles. The van der Waals surface area contributed by atoms with E-state index in [1.807, 2.05) is 13.0 Å². The normalized spacial score (nSPS) is 10.4. The molecule has 0 amide bonds. The van der Waals surface area contributed by atoms with E-state index < -0.39 is 0 Å². The predicted octanol–water partition coefficient (Wildman–Crippen LogP) is 2.40. The summed E-state index contributed by atoms with van der Waals surface area (Å²) >= 11 is 1.67. The first-order valence-electron chi connectivity index (χ1n) is 4.33. The van der Waals surface area contributed by atoms with Crippen molar-refractivity contribution in [2.24, 2.45) is 0 Å². The molecule has 0 radical (unpaired) electrons. The van der Waals surface area contributed by atoms with Crippen LogP contribution in [0.5, 0.6) is 0 Å². The summed E-state index contributed by atoms with van der Waals surface area (Å²) in [6.07, 6.45) is 1.76. The van der Waals surface area contributed by atoms with Crippen LogP contribution in [0.1, 0.15) is 10.4 Å². The van der Waals surface area contributed by atoms with Gasteiger partial charge in [-0.1, -0.05) is 0 Å². The molecule has 4 heteroatoms. The van der Waals surface area contributed by atoms with Gasteiger partial charge in [0, 0.05) is 16.6 Å². The van der Waals surface area contributed by atoms with Gasteiger partial charge >= 0.3 is 0 Å². The zero-order chi connectivity index (χ0) is 10.1. The highest BCUT2D eigenvalue weighted by molar-refractivity contribution is 7.15. The molecule has 0 unspecified atom stereocenters. The van der Waals surface area contributed by atoms with E-state index in [9.17, 15) is 0 Å². The van der Waals surface area contributed by atoms with Gasteiger partial charge in [0.1, 0.15) is 5.82 Å². The van der Waals surface area contributed by atoms with Gasteiger partial charge < -0.3 is 5.73 Å². The second-order valence-corrected chi connectivity index (χ2v) is 4.46. The third-order valence-corrected chi connectivity index (χ3v) is 2.97. The van der Waals surface area contributed by atoms with Crippen LogP contribution in [0, 0.1) is 13.8 Å². The number of nitrogens with zero attached hydrogens (tertiary/aromatic N) is 2. The number of hydrogen-bond donors (Lipinski definition) is 1. The Balaban J connectivity index is 2.47. The maximum absolute atomic E-state index is 5.72. The van der Waals surface area contributed by atoms with Crippen LogP contribution in [-0.4, -0.2) is 9.97 Å². The van der Waals surface area contributed by atoms with E-state index in [0.29, 0.717) is 11.6 Å². The number of thiophene rings is 1. The molecule has 0 spiro atoms. The molecule has 0 bridgehead atoms. The van der Waals surface area contributed by atoms with Crippen LogP contribution in [-0.2, 0) is 0 Å². The number of aryl methyl sites for hydroxylation is 2. The van der Waals surface area contributed by atoms with Crippen LogP contribution in [0.3, 0.4) is 0 Å². The second-order valence-electron chi connectivity index (χ2n) is 3.17. The average molecular weight is 205 g/mol. The molecule has 0 saturated heterocycles. The Bertz CT molecular complexity index is 462. The zero-order valence-electron chi connectivity index (χ0n) is 8.11. The summed E-state index contributed by atoms with van der Waals surface area (Å²) in [4.78, 5) is 10.8. The summed E-state index contributed by atoms with van der Waals surface area (Å²) in [7, 11) is 0. The smallest absolute Gasteiger partial charge is 0.171 e. The highest BCUT2D eigenvalue weighted by Crippen LogP contribution is 2.25. The minimum Gasteiger partial charge on any atom is -0.383 e. The SMILES string of the molecule is Cc1ccc(-c2ncc(C)c(N)n2)s1. The topological polar surface area (TPSA) is 51.8 Å². The molecule has 2 rings (SSSR count). The van der Waals surface area contributed by atoms with E-state index in [1.54, 1.807) is 17.5 Å². The average Bonchev–Trinajstić information content (AvgIpc) is 2.57. The van der Waals surface area contributed by atoms with Gasteiger partial charge in [-0.3, -0.25) is 0 Å². The lowest BCUT2D eigenvalue weighted by atomic mass is 10.3. The van der Waals surface area contributed by atoms with Crippen molar-refractivity contribution >= 4 is 17.2 Å². The Morgan fingerprint density at radius 2 is 2.07 bits per heavy atom. The summed E-state index contributed by atoms with van der Waals surface area (Å²) in [5, 5.41) is 0. The number of aromatic nitrogens is 2. The Hall–Kier alpha value is -1.42. The van der Waals surface area contributed by atoms with E-state index in [4.69, 9.17) is 5.73 Å². The standard InChI is InChI=1S/C10H11N3S/c1-6-5-12-10(13-9(6)11)8-4-3-7(2)14-8/h3-5H,1-2H3,(H2,11,12,13). The molecular weight excluding hydrogens is 194 g/mol. The van der Waals surface area contributed by atoms with Crippen molar-refractivity contribution in [3.05, 3.63) is 28.8 Å². The fourth-order valence-electron chi connectivity index (χ4n) is 1.13. The Labute approximate surface area is 86.6 Å². The lowest BCUT2D eigenvalue weighted by molar-refractivity contribution is 1.16. The Morgan fingerprint density at radius 3 is 2.64 bits per heavy atom. The van der Waals surface area contributed by atoms with Crippen LogP contribution >= 0.6 is 11.3 Å². The third-order valence-electron chi connectivity index (χ3n) is 1.97. The predicted molar refractivity (Wildman–Crippen MR) is 59.2 cm³/mol. The molecule has 3 nitrogen and oxygen atoms in total. The third kappa shape index (κ3) is 1.61. The molecule has 0 saturated carbocycles. The summed E-state index contributed by atoms with van der Waals surface area (Å²) in [5.74, 6) is 1.27. The van der Waals surface area contributed by atoms with Gasteiger partial charge in [0.2, 0.25) is 0 Å². The molecule has 0 atom stereocenters. The molecule has 14 heavy (non-hydrogen) atoms. The van der Waals surface area contributed by atoms with Crippen molar-refractivity contribution in [3.63, 3.8) is 0 Å². The van der Waals surface area contributed by atoms with Gasteiger partial charge in [-0.25, -0.2) is 9.97 Å². The maximum Gasteiger partial charge on any atom is 0.171 e. The Kier molecular flexibility index (Phi) is 2.21. The number of nitrogen functional groups attached to an aromatic ring is 1. The van der Waals surface area contributed by atoms with Crippen molar-refractivity contribution < 1.29 is 0 Å². The highest BCUT2D eigenvalue weighted by atomic mass is 32.1. The molecule has 0 aliphatic rings. The number of rotatable bonds is 1. The Morgan fingerprint density at radius 1 is 1.29 bits per heavy atom. The van der Waals surface area contributed by atoms with Gasteiger partial charge in [-0.2, -0.15) is 0 Å². The molecule has 2 aromatic rings. The van der Waals surface area contributed by atoms with Crippen molar-refractivity contribution in [1.29, 1.82) is 0 Å². The molecule has 72 valence electrons. The lowest BCUT2D eigenvalue weighted by Gasteiger charge is -2.00. The quantitative estimate of drug-likeness (QED) is 0.777. The first-order valence-corrected chi connectivity index (χ1v) is 5.14. The van der Waals surface area contributed by atoms with Gasteiger partial charge in [0.05, 0.1) is 4.88 Å². The molecule has 0 aliphatic carbocycles. The summed E-state index contributed by atoms with van der Waals surface area (Å²) in [6.45, 7) is 3.96. The van der Waals surface area contributed by atoms with E-state index in [2.05, 4.69) is 23.0 Å². The second kappa shape index (κ2) is 3.38. The van der Waals surface area contributed by atoms with Crippen molar-refractivity contribution in [3.8, 4) is 10.7 Å². The fourth-order valence-corrected chi connectivity index (χ4v) is 1.94. The van der Waals surface area contributed by atoms with Crippen LogP contribution in [0.15, 0.2) is 18.3 Å². The van der Waals surface area contributed by atoms with Gasteiger partial charge in [0.15, 0.2) is 5.82 Å². The van der Waals surface area contributed by atoms with Crippen molar-refractivity contribution in [2.75, 3.05) is 5.73 Å². The van der Waals surface area contributed by atoms with Crippen molar-refractivity contribution in [2.45, 2.75) is 13.8 Å². The highest BCUT2D eigenvalue weighted by Gasteiger charge is 2.05. The van der Waals surface area contributed by atoms with Gasteiger partial charge in [-0.05, 0) is 26.0 Å². The van der Waals surface area contributed by atoms with E-state index in [-0.39, 0.29) is 0 Å². The first kappa shape index (κ1) is 9.15. The largest absolute Gasteiger partial charge is 0.383 e. The molecule has 0 fully saturated rings. The molecule has 2 heterocycles. The van der Waals surface area contributed by atoms with Crippen LogP contribution in [0.2, 0.25) is 0 Å². The summed E-state index contributed by atoms with van der Waals surface area (Å²) in [5.41, 5.74) is 6.64. The minimum atomic E-state index is 0.557. The fraction of sp³-hybridized carbons (Fsp3) is 0.200. The van der Waals surface area contributed by atoms with Gasteiger partial charge in [-0.15, -0.1) is 11.3 Å². The first-order chi connectivity index (χ1) is 6.66. The van der Waals surface area contributed by atoms with Gasteiger partial charge in [0.25, 0.3) is 0 Å². The van der Waals surface area contributed by atoms with E-state index >= 15 is 0 Å². The van der Waals surface area contributed by atoms with Crippen molar-refractivity contribution in [1.82, 2.24) is 9.97 Å². The van der Waals surface area contributed by atoms with Crippen LogP contribution < -0.4 is 5.73 Å². The lowest BCUT2D eigenvalue weighted by Crippen LogP contribution is -1.97. The van der Waals surface area contributed by atoms with Crippen LogP contribution in [0.25, 0.3) is 10.7 Å². The minimum absolute atomic E-state index is 0.557. The molecule has 0 aromatic carbocycles. The molecule has 2 N–H and O–H groups in total. The number of anilines is 1. The van der Waals surface area contributed by atoms with E-state index in [1.165, 1.54) is 4.88 Å².